The number of ether oxygens (including phenoxy) is 1. The second kappa shape index (κ2) is 9.28. The van der Waals surface area contributed by atoms with Crippen molar-refractivity contribution in [3.8, 4) is 5.75 Å². The monoisotopic (exact) mass is 384 g/mol. The van der Waals surface area contributed by atoms with Gasteiger partial charge in [-0.1, -0.05) is 30.3 Å². The van der Waals surface area contributed by atoms with Gasteiger partial charge >= 0.3 is 0 Å². The van der Waals surface area contributed by atoms with Crippen LogP contribution in [0.4, 0.5) is 4.39 Å². The normalized spacial score (nSPS) is 10.6. The second-order valence-corrected chi connectivity index (χ2v) is 7.28. The molecule has 2 aromatic carbocycles. The van der Waals surface area contributed by atoms with Gasteiger partial charge in [-0.15, -0.1) is 11.3 Å². The maximum absolute atomic E-state index is 13.0. The molecule has 27 heavy (non-hydrogen) atoms. The Kier molecular flexibility index (Phi) is 6.54. The molecule has 0 saturated carbocycles. The predicted octanol–water partition coefficient (Wildman–Crippen LogP) is 4.27. The van der Waals surface area contributed by atoms with Crippen molar-refractivity contribution in [1.29, 1.82) is 0 Å². The first-order valence-corrected chi connectivity index (χ1v) is 9.56. The van der Waals surface area contributed by atoms with Crippen LogP contribution in [0.5, 0.6) is 5.75 Å². The summed E-state index contributed by atoms with van der Waals surface area (Å²) in [6.45, 7) is 2.69. The first-order valence-electron chi connectivity index (χ1n) is 8.74. The minimum Gasteiger partial charge on any atom is -0.493 e. The summed E-state index contributed by atoms with van der Waals surface area (Å²) in [5.74, 6) is 0.449. The number of nitrogens with one attached hydrogen (secondary N) is 1. The first-order chi connectivity index (χ1) is 13.1. The summed E-state index contributed by atoms with van der Waals surface area (Å²) in [5.41, 5.74) is 1.98. The number of carbonyl (C=O) groups is 1. The molecule has 3 aromatic rings. The fraction of sp³-hybridized carbons (Fsp3) is 0.238. The Bertz CT molecular complexity index is 879. The summed E-state index contributed by atoms with van der Waals surface area (Å²) in [4.78, 5) is 17.6. The molecule has 0 fully saturated rings. The third-order valence-corrected chi connectivity index (χ3v) is 5.15. The summed E-state index contributed by atoms with van der Waals surface area (Å²) in [6.07, 6.45) is 1.00. The SMILES string of the molecule is Cc1nc(CNC(=O)CCOc2ccccc2)sc1Cc1ccc(F)cc1. The third kappa shape index (κ3) is 5.89. The molecule has 0 atom stereocenters. The second-order valence-electron chi connectivity index (χ2n) is 6.11. The highest BCUT2D eigenvalue weighted by Crippen LogP contribution is 2.21. The Morgan fingerprint density at radius 3 is 2.63 bits per heavy atom. The molecular weight excluding hydrogens is 363 g/mol. The number of aromatic nitrogens is 1. The zero-order valence-electron chi connectivity index (χ0n) is 15.1. The fourth-order valence-corrected chi connectivity index (χ4v) is 3.60. The van der Waals surface area contributed by atoms with E-state index in [4.69, 9.17) is 4.74 Å². The van der Waals surface area contributed by atoms with Gasteiger partial charge in [0.25, 0.3) is 0 Å². The van der Waals surface area contributed by atoms with Gasteiger partial charge in [-0.2, -0.15) is 0 Å². The average Bonchev–Trinajstić information content (AvgIpc) is 3.02. The lowest BCUT2D eigenvalue weighted by atomic mass is 10.1. The summed E-state index contributed by atoms with van der Waals surface area (Å²) in [5, 5.41) is 3.74. The third-order valence-electron chi connectivity index (χ3n) is 3.99. The van der Waals surface area contributed by atoms with Crippen molar-refractivity contribution in [3.63, 3.8) is 0 Å². The number of benzene rings is 2. The van der Waals surface area contributed by atoms with E-state index in [0.29, 0.717) is 26.0 Å². The minimum absolute atomic E-state index is 0.0705. The van der Waals surface area contributed by atoms with E-state index in [1.54, 1.807) is 23.5 Å². The lowest BCUT2D eigenvalue weighted by molar-refractivity contribution is -0.121. The van der Waals surface area contributed by atoms with Crippen molar-refractivity contribution in [3.05, 3.63) is 81.6 Å². The van der Waals surface area contributed by atoms with E-state index in [1.807, 2.05) is 37.3 Å². The molecule has 0 aliphatic heterocycles. The Morgan fingerprint density at radius 1 is 1.15 bits per heavy atom. The van der Waals surface area contributed by atoms with Gasteiger partial charge < -0.3 is 10.1 Å². The maximum atomic E-state index is 13.0. The lowest BCUT2D eigenvalue weighted by Gasteiger charge is -2.06. The number of carbonyl (C=O) groups excluding carboxylic acids is 1. The first kappa shape index (κ1) is 19.0. The highest BCUT2D eigenvalue weighted by Gasteiger charge is 2.10. The van der Waals surface area contributed by atoms with Crippen molar-refractivity contribution in [2.24, 2.45) is 0 Å². The Balaban J connectivity index is 1.45. The van der Waals surface area contributed by atoms with E-state index in [0.717, 1.165) is 26.9 Å². The average molecular weight is 384 g/mol. The van der Waals surface area contributed by atoms with Crippen molar-refractivity contribution >= 4 is 17.2 Å². The largest absolute Gasteiger partial charge is 0.493 e. The van der Waals surface area contributed by atoms with E-state index in [1.165, 1.54) is 12.1 Å². The molecule has 1 aromatic heterocycles. The molecule has 0 aliphatic carbocycles. The minimum atomic E-state index is -0.237. The highest BCUT2D eigenvalue weighted by molar-refractivity contribution is 7.11. The van der Waals surface area contributed by atoms with Crippen LogP contribution in [0.2, 0.25) is 0 Å². The van der Waals surface area contributed by atoms with E-state index in [2.05, 4.69) is 10.3 Å². The predicted molar refractivity (Wildman–Crippen MR) is 104 cm³/mol. The fourth-order valence-electron chi connectivity index (χ4n) is 2.56. The zero-order chi connectivity index (χ0) is 19.1. The number of aryl methyl sites for hydroxylation is 1. The molecular formula is C21H21FN2O2S. The smallest absolute Gasteiger partial charge is 0.223 e. The van der Waals surface area contributed by atoms with Crippen molar-refractivity contribution in [2.75, 3.05) is 6.61 Å². The van der Waals surface area contributed by atoms with Gasteiger partial charge in [-0.25, -0.2) is 9.37 Å². The highest BCUT2D eigenvalue weighted by atomic mass is 32.1. The molecule has 0 unspecified atom stereocenters. The molecule has 1 amide bonds. The number of amides is 1. The van der Waals surface area contributed by atoms with Crippen LogP contribution >= 0.6 is 11.3 Å². The Hall–Kier alpha value is -2.73. The number of hydrogen-bond acceptors (Lipinski definition) is 4. The quantitative estimate of drug-likeness (QED) is 0.631. The number of para-hydroxylation sites is 1. The standard InChI is InChI=1S/C21H21FN2O2S/c1-15-19(13-16-7-9-17(22)10-8-16)27-21(24-15)14-23-20(25)11-12-26-18-5-3-2-4-6-18/h2-10H,11-14H2,1H3,(H,23,25). The van der Waals surface area contributed by atoms with E-state index < -0.39 is 0 Å². The molecule has 0 saturated heterocycles. The van der Waals surface area contributed by atoms with Crippen molar-refractivity contribution < 1.29 is 13.9 Å². The number of rotatable bonds is 8. The van der Waals surface area contributed by atoms with E-state index >= 15 is 0 Å². The number of thiazole rings is 1. The number of halogens is 1. The summed E-state index contributed by atoms with van der Waals surface area (Å²) in [6, 6.07) is 15.9. The number of hydrogen-bond donors (Lipinski definition) is 1. The molecule has 1 N–H and O–H groups in total. The van der Waals surface area contributed by atoms with Crippen LogP contribution in [-0.4, -0.2) is 17.5 Å². The molecule has 0 radical (unpaired) electrons. The molecule has 0 spiro atoms. The van der Waals surface area contributed by atoms with Crippen LogP contribution < -0.4 is 10.1 Å². The van der Waals surface area contributed by atoms with Crippen LogP contribution in [0.3, 0.4) is 0 Å². The van der Waals surface area contributed by atoms with Gasteiger partial charge in [0.05, 0.1) is 25.3 Å². The van der Waals surface area contributed by atoms with Crippen LogP contribution in [-0.2, 0) is 17.8 Å². The topological polar surface area (TPSA) is 51.2 Å². The van der Waals surface area contributed by atoms with Gasteiger partial charge in [0.2, 0.25) is 5.91 Å². The van der Waals surface area contributed by atoms with Crippen molar-refractivity contribution in [1.82, 2.24) is 10.3 Å². The molecule has 0 aliphatic rings. The van der Waals surface area contributed by atoms with Gasteiger partial charge in [0.1, 0.15) is 16.6 Å². The molecule has 4 nitrogen and oxygen atoms in total. The lowest BCUT2D eigenvalue weighted by Crippen LogP contribution is -2.24. The molecule has 140 valence electrons. The van der Waals surface area contributed by atoms with Gasteiger partial charge in [0, 0.05) is 11.3 Å². The summed E-state index contributed by atoms with van der Waals surface area (Å²) < 4.78 is 18.5. The van der Waals surface area contributed by atoms with Gasteiger partial charge in [-0.3, -0.25) is 4.79 Å². The Morgan fingerprint density at radius 2 is 1.89 bits per heavy atom. The van der Waals surface area contributed by atoms with Gasteiger partial charge in [-0.05, 0) is 36.8 Å². The van der Waals surface area contributed by atoms with E-state index in [-0.39, 0.29) is 11.7 Å². The van der Waals surface area contributed by atoms with Crippen LogP contribution in [0.1, 0.15) is 27.6 Å². The van der Waals surface area contributed by atoms with Crippen LogP contribution in [0, 0.1) is 12.7 Å². The molecule has 1 heterocycles. The van der Waals surface area contributed by atoms with Crippen molar-refractivity contribution in [2.45, 2.75) is 26.3 Å². The molecule has 6 heteroatoms. The maximum Gasteiger partial charge on any atom is 0.223 e. The molecule has 3 rings (SSSR count). The molecule has 0 bridgehead atoms. The van der Waals surface area contributed by atoms with Gasteiger partial charge in [0.15, 0.2) is 0 Å². The van der Waals surface area contributed by atoms with E-state index in [9.17, 15) is 9.18 Å². The zero-order valence-corrected chi connectivity index (χ0v) is 15.9. The van der Waals surface area contributed by atoms with Crippen LogP contribution in [0.25, 0.3) is 0 Å². The summed E-state index contributed by atoms with van der Waals surface area (Å²) >= 11 is 1.57. The van der Waals surface area contributed by atoms with Crippen LogP contribution in [0.15, 0.2) is 54.6 Å². The summed E-state index contributed by atoms with van der Waals surface area (Å²) in [7, 11) is 0. The Labute approximate surface area is 162 Å². The number of nitrogens with zero attached hydrogens (tertiary/aromatic N) is 1.